The lowest BCUT2D eigenvalue weighted by atomic mass is 9.99. The summed E-state index contributed by atoms with van der Waals surface area (Å²) in [5.41, 5.74) is 8.88. The molecule has 0 saturated carbocycles. The Morgan fingerprint density at radius 1 is 1.25 bits per heavy atom. The second kappa shape index (κ2) is 6.93. The van der Waals surface area contributed by atoms with Gasteiger partial charge in [0.25, 0.3) is 0 Å². The number of hydrogen-bond donors (Lipinski definition) is 2. The van der Waals surface area contributed by atoms with Gasteiger partial charge in [-0.1, -0.05) is 36.2 Å². The first-order chi connectivity index (χ1) is 9.61. The van der Waals surface area contributed by atoms with Gasteiger partial charge in [0.15, 0.2) is 0 Å². The standard InChI is InChI=1S/C15H17Cl2N3/c1-2-20-15(11-9-19-6-5-14(11)18)8-10-3-4-12(16)13(17)7-10/h3-7,9,15,20H,2,8H2,1H3,(H2,18,19). The van der Waals surface area contributed by atoms with Crippen LogP contribution in [0.25, 0.3) is 0 Å². The molecule has 2 rings (SSSR count). The minimum atomic E-state index is 0.103. The van der Waals surface area contributed by atoms with Crippen molar-refractivity contribution >= 4 is 28.9 Å². The molecule has 0 saturated heterocycles. The second-order valence-corrected chi connectivity index (χ2v) is 5.38. The molecule has 1 unspecified atom stereocenters. The highest BCUT2D eigenvalue weighted by Gasteiger charge is 2.14. The first kappa shape index (κ1) is 15.1. The van der Waals surface area contributed by atoms with Crippen molar-refractivity contribution in [3.8, 4) is 0 Å². The minimum absolute atomic E-state index is 0.103. The number of likely N-dealkylation sites (N-methyl/N-ethyl adjacent to an activating group) is 1. The molecule has 0 amide bonds. The van der Waals surface area contributed by atoms with Crippen LogP contribution in [-0.2, 0) is 6.42 Å². The van der Waals surface area contributed by atoms with Crippen LogP contribution in [0.5, 0.6) is 0 Å². The number of nitrogens with two attached hydrogens (primary N) is 1. The molecule has 20 heavy (non-hydrogen) atoms. The molecular weight excluding hydrogens is 293 g/mol. The fourth-order valence-electron chi connectivity index (χ4n) is 2.15. The van der Waals surface area contributed by atoms with Crippen molar-refractivity contribution < 1.29 is 0 Å². The predicted octanol–water partition coefficient (Wildman–Crippen LogP) is 3.86. The van der Waals surface area contributed by atoms with Crippen molar-refractivity contribution in [2.45, 2.75) is 19.4 Å². The van der Waals surface area contributed by atoms with Crippen molar-refractivity contribution in [3.05, 3.63) is 57.8 Å². The lowest BCUT2D eigenvalue weighted by Gasteiger charge is -2.20. The van der Waals surface area contributed by atoms with E-state index in [4.69, 9.17) is 28.9 Å². The van der Waals surface area contributed by atoms with Gasteiger partial charge in [-0.15, -0.1) is 0 Å². The highest BCUT2D eigenvalue weighted by molar-refractivity contribution is 6.42. The zero-order valence-electron chi connectivity index (χ0n) is 11.2. The van der Waals surface area contributed by atoms with Crippen molar-refractivity contribution in [1.29, 1.82) is 0 Å². The van der Waals surface area contributed by atoms with Gasteiger partial charge in [-0.25, -0.2) is 0 Å². The summed E-state index contributed by atoms with van der Waals surface area (Å²) in [6.45, 7) is 2.91. The first-order valence-electron chi connectivity index (χ1n) is 6.48. The molecule has 0 spiro atoms. The van der Waals surface area contributed by atoms with E-state index in [2.05, 4.69) is 17.2 Å². The number of hydrogen-bond acceptors (Lipinski definition) is 3. The Morgan fingerprint density at radius 3 is 2.70 bits per heavy atom. The largest absolute Gasteiger partial charge is 0.398 e. The zero-order chi connectivity index (χ0) is 14.5. The van der Waals surface area contributed by atoms with Crippen LogP contribution in [0.1, 0.15) is 24.1 Å². The van der Waals surface area contributed by atoms with Gasteiger partial charge in [-0.05, 0) is 36.7 Å². The van der Waals surface area contributed by atoms with Crippen LogP contribution >= 0.6 is 23.2 Å². The van der Waals surface area contributed by atoms with Gasteiger partial charge in [-0.3, -0.25) is 4.98 Å². The summed E-state index contributed by atoms with van der Waals surface area (Å²) in [5.74, 6) is 0. The Hall–Kier alpha value is -1.29. The predicted molar refractivity (Wildman–Crippen MR) is 85.2 cm³/mol. The number of rotatable bonds is 5. The average molecular weight is 310 g/mol. The SMILES string of the molecule is CCNC(Cc1ccc(Cl)c(Cl)c1)c1cnccc1N. The number of halogens is 2. The van der Waals surface area contributed by atoms with E-state index in [0.717, 1.165) is 29.8 Å². The molecule has 1 aromatic carbocycles. The van der Waals surface area contributed by atoms with Crippen LogP contribution in [-0.4, -0.2) is 11.5 Å². The Kier molecular flexibility index (Phi) is 5.24. The van der Waals surface area contributed by atoms with Gasteiger partial charge in [0.05, 0.1) is 10.0 Å². The lowest BCUT2D eigenvalue weighted by Crippen LogP contribution is -2.24. The van der Waals surface area contributed by atoms with E-state index in [1.807, 2.05) is 24.3 Å². The van der Waals surface area contributed by atoms with Crippen LogP contribution in [0.2, 0.25) is 10.0 Å². The van der Waals surface area contributed by atoms with E-state index >= 15 is 0 Å². The summed E-state index contributed by atoms with van der Waals surface area (Å²) >= 11 is 12.0. The van der Waals surface area contributed by atoms with Crippen molar-refractivity contribution in [2.75, 3.05) is 12.3 Å². The summed E-state index contributed by atoms with van der Waals surface area (Å²) in [6.07, 6.45) is 4.28. The molecule has 3 N–H and O–H groups in total. The Balaban J connectivity index is 2.25. The van der Waals surface area contributed by atoms with Crippen LogP contribution in [0.4, 0.5) is 5.69 Å². The van der Waals surface area contributed by atoms with E-state index in [1.54, 1.807) is 12.4 Å². The van der Waals surface area contributed by atoms with E-state index < -0.39 is 0 Å². The van der Waals surface area contributed by atoms with Gasteiger partial charge in [0.2, 0.25) is 0 Å². The molecule has 0 aliphatic heterocycles. The fraction of sp³-hybridized carbons (Fsp3) is 0.267. The summed E-state index contributed by atoms with van der Waals surface area (Å²) in [5, 5.41) is 4.56. The molecule has 3 nitrogen and oxygen atoms in total. The first-order valence-corrected chi connectivity index (χ1v) is 7.24. The molecule has 0 bridgehead atoms. The maximum Gasteiger partial charge on any atom is 0.0595 e. The van der Waals surface area contributed by atoms with Gasteiger partial charge in [0.1, 0.15) is 0 Å². The van der Waals surface area contributed by atoms with Gasteiger partial charge in [-0.2, -0.15) is 0 Å². The van der Waals surface area contributed by atoms with E-state index in [9.17, 15) is 0 Å². The Labute approximate surface area is 129 Å². The van der Waals surface area contributed by atoms with Crippen molar-refractivity contribution in [1.82, 2.24) is 10.3 Å². The molecule has 0 aliphatic carbocycles. The molecule has 0 radical (unpaired) electrons. The van der Waals surface area contributed by atoms with Crippen molar-refractivity contribution in [3.63, 3.8) is 0 Å². The average Bonchev–Trinajstić information content (AvgIpc) is 2.43. The molecule has 5 heteroatoms. The molecular formula is C15H17Cl2N3. The summed E-state index contributed by atoms with van der Waals surface area (Å²) in [4.78, 5) is 4.15. The Morgan fingerprint density at radius 2 is 2.05 bits per heavy atom. The topological polar surface area (TPSA) is 50.9 Å². The maximum atomic E-state index is 6.06. The number of nitrogens with one attached hydrogen (secondary N) is 1. The number of nitrogens with zero attached hydrogens (tertiary/aromatic N) is 1. The minimum Gasteiger partial charge on any atom is -0.398 e. The number of benzene rings is 1. The third-order valence-corrected chi connectivity index (χ3v) is 3.88. The smallest absolute Gasteiger partial charge is 0.0595 e. The molecule has 1 heterocycles. The highest BCUT2D eigenvalue weighted by atomic mass is 35.5. The summed E-state index contributed by atoms with van der Waals surface area (Å²) < 4.78 is 0. The van der Waals surface area contributed by atoms with Gasteiger partial charge < -0.3 is 11.1 Å². The lowest BCUT2D eigenvalue weighted by molar-refractivity contribution is 0.550. The summed E-state index contributed by atoms with van der Waals surface area (Å²) in [7, 11) is 0. The molecule has 1 aromatic heterocycles. The third kappa shape index (κ3) is 3.63. The van der Waals surface area contributed by atoms with Crippen LogP contribution in [0.15, 0.2) is 36.7 Å². The van der Waals surface area contributed by atoms with E-state index in [-0.39, 0.29) is 6.04 Å². The molecule has 2 aromatic rings. The second-order valence-electron chi connectivity index (χ2n) is 4.57. The Bertz CT molecular complexity index is 587. The quantitative estimate of drug-likeness (QED) is 0.881. The van der Waals surface area contributed by atoms with E-state index in [0.29, 0.717) is 10.0 Å². The van der Waals surface area contributed by atoms with Crippen LogP contribution < -0.4 is 11.1 Å². The number of anilines is 1. The summed E-state index contributed by atoms with van der Waals surface area (Å²) in [6, 6.07) is 7.60. The van der Waals surface area contributed by atoms with Gasteiger partial charge in [0, 0.05) is 29.7 Å². The molecule has 0 fully saturated rings. The number of pyridine rings is 1. The molecule has 1 atom stereocenters. The number of aromatic nitrogens is 1. The normalized spacial score (nSPS) is 12.3. The highest BCUT2D eigenvalue weighted by Crippen LogP contribution is 2.27. The third-order valence-electron chi connectivity index (χ3n) is 3.14. The zero-order valence-corrected chi connectivity index (χ0v) is 12.7. The van der Waals surface area contributed by atoms with Crippen molar-refractivity contribution in [2.24, 2.45) is 0 Å². The fourth-order valence-corrected chi connectivity index (χ4v) is 2.47. The maximum absolute atomic E-state index is 6.06. The van der Waals surface area contributed by atoms with E-state index in [1.165, 1.54) is 0 Å². The number of nitrogen functional groups attached to an aromatic ring is 1. The molecule has 106 valence electrons. The van der Waals surface area contributed by atoms with Gasteiger partial charge >= 0.3 is 0 Å². The molecule has 0 aliphatic rings. The van der Waals surface area contributed by atoms with Crippen LogP contribution in [0, 0.1) is 0 Å². The van der Waals surface area contributed by atoms with Crippen LogP contribution in [0.3, 0.4) is 0 Å². The monoisotopic (exact) mass is 309 g/mol.